The molecule has 0 saturated carbocycles. The summed E-state index contributed by atoms with van der Waals surface area (Å²) in [6, 6.07) is 14.1. The average Bonchev–Trinajstić information content (AvgIpc) is 3.04. The highest BCUT2D eigenvalue weighted by Gasteiger charge is 2.21. The van der Waals surface area contributed by atoms with E-state index in [1.54, 1.807) is 43.3 Å². The summed E-state index contributed by atoms with van der Waals surface area (Å²) in [5, 5.41) is 3.80. The Bertz CT molecular complexity index is 1170. The number of nitrogens with zero attached hydrogens (tertiary/aromatic N) is 2. The van der Waals surface area contributed by atoms with Gasteiger partial charge in [0.1, 0.15) is 0 Å². The summed E-state index contributed by atoms with van der Waals surface area (Å²) in [5.74, 6) is 0. The Kier molecular flexibility index (Phi) is 4.94. The quantitative estimate of drug-likeness (QED) is 0.653. The first kappa shape index (κ1) is 18.9. The summed E-state index contributed by atoms with van der Waals surface area (Å²) in [6.45, 7) is 1.64. The van der Waals surface area contributed by atoms with Gasteiger partial charge in [0.2, 0.25) is 0 Å². The van der Waals surface area contributed by atoms with Gasteiger partial charge in [0.05, 0.1) is 16.8 Å². The fraction of sp³-hybridized carbons (Fsp3) is 0.118. The van der Waals surface area contributed by atoms with Crippen molar-refractivity contribution >= 4 is 31.4 Å². The Morgan fingerprint density at radius 2 is 1.52 bits per heavy atom. The van der Waals surface area contributed by atoms with Crippen molar-refractivity contribution in [3.63, 3.8) is 0 Å². The van der Waals surface area contributed by atoms with Crippen LogP contribution >= 0.6 is 0 Å². The highest BCUT2D eigenvalue weighted by molar-refractivity contribution is 7.93. The fourth-order valence-corrected chi connectivity index (χ4v) is 5.01. The lowest BCUT2D eigenvalue weighted by atomic mass is 10.2. The van der Waals surface area contributed by atoms with E-state index in [4.69, 9.17) is 0 Å². The van der Waals surface area contributed by atoms with Crippen molar-refractivity contribution in [2.75, 3.05) is 9.44 Å². The molecule has 0 radical (unpaired) electrons. The molecule has 1 heterocycles. The molecule has 0 aliphatic carbocycles. The molecule has 1 aromatic heterocycles. The van der Waals surface area contributed by atoms with Gasteiger partial charge in [0.25, 0.3) is 20.0 Å². The lowest BCUT2D eigenvalue weighted by Crippen LogP contribution is -2.18. The third-order valence-electron chi connectivity index (χ3n) is 3.81. The van der Waals surface area contributed by atoms with Crippen LogP contribution in [0.25, 0.3) is 0 Å². The molecule has 0 aliphatic rings. The molecule has 2 N–H and O–H groups in total. The molecule has 0 bridgehead atoms. The first-order valence-electron chi connectivity index (χ1n) is 7.88. The number of benzene rings is 2. The van der Waals surface area contributed by atoms with E-state index in [1.807, 2.05) is 0 Å². The van der Waals surface area contributed by atoms with E-state index < -0.39 is 20.0 Å². The third kappa shape index (κ3) is 4.12. The van der Waals surface area contributed by atoms with E-state index >= 15 is 0 Å². The van der Waals surface area contributed by atoms with Crippen LogP contribution in [0.2, 0.25) is 0 Å². The molecule has 0 aliphatic heterocycles. The maximum Gasteiger partial charge on any atom is 0.279 e. The van der Waals surface area contributed by atoms with Gasteiger partial charge in [-0.1, -0.05) is 24.3 Å². The maximum absolute atomic E-state index is 12.7. The molecule has 0 saturated heterocycles. The maximum atomic E-state index is 12.7. The van der Waals surface area contributed by atoms with Crippen LogP contribution in [0.5, 0.6) is 0 Å². The minimum atomic E-state index is -3.90. The molecule has 8 nitrogen and oxygen atoms in total. The minimum absolute atomic E-state index is 0.0171. The number of aromatic nitrogens is 2. The van der Waals surface area contributed by atoms with Crippen molar-refractivity contribution in [2.24, 2.45) is 7.05 Å². The fourth-order valence-electron chi connectivity index (χ4n) is 2.50. The molecule has 3 rings (SSSR count). The molecule has 27 heavy (non-hydrogen) atoms. The van der Waals surface area contributed by atoms with Gasteiger partial charge in [-0.05, 0) is 42.8 Å². The predicted octanol–water partition coefficient (Wildman–Crippen LogP) is 2.33. The monoisotopic (exact) mass is 406 g/mol. The number of sulfonamides is 2. The van der Waals surface area contributed by atoms with Gasteiger partial charge in [-0.2, -0.15) is 13.5 Å². The van der Waals surface area contributed by atoms with Crippen LogP contribution < -0.4 is 9.44 Å². The topological polar surface area (TPSA) is 110 Å². The van der Waals surface area contributed by atoms with E-state index in [0.29, 0.717) is 11.3 Å². The van der Waals surface area contributed by atoms with E-state index in [9.17, 15) is 16.8 Å². The Morgan fingerprint density at radius 3 is 2.15 bits per heavy atom. The summed E-state index contributed by atoms with van der Waals surface area (Å²) < 4.78 is 56.5. The number of nitrogens with one attached hydrogen (secondary N) is 2. The number of para-hydroxylation sites is 1. The number of aryl methyl sites for hydroxylation is 2. The first-order chi connectivity index (χ1) is 12.7. The van der Waals surface area contributed by atoms with Gasteiger partial charge in [0, 0.05) is 12.7 Å². The van der Waals surface area contributed by atoms with Gasteiger partial charge in [-0.15, -0.1) is 0 Å². The summed E-state index contributed by atoms with van der Waals surface area (Å²) in [6.07, 6.45) is 1.36. The lowest BCUT2D eigenvalue weighted by Gasteiger charge is -2.13. The normalized spacial score (nSPS) is 11.9. The van der Waals surface area contributed by atoms with Crippen molar-refractivity contribution in [1.82, 2.24) is 9.78 Å². The zero-order valence-electron chi connectivity index (χ0n) is 14.6. The molecular formula is C17H18N4O4S2. The molecule has 0 unspecified atom stereocenters. The van der Waals surface area contributed by atoms with Crippen LogP contribution in [0.1, 0.15) is 5.56 Å². The molecule has 2 aromatic carbocycles. The second-order valence-electron chi connectivity index (χ2n) is 5.85. The van der Waals surface area contributed by atoms with Crippen molar-refractivity contribution in [1.29, 1.82) is 0 Å². The van der Waals surface area contributed by atoms with Gasteiger partial charge in [-0.25, -0.2) is 8.42 Å². The number of hydrogen-bond acceptors (Lipinski definition) is 5. The molecule has 0 atom stereocenters. The molecule has 142 valence electrons. The predicted molar refractivity (Wildman–Crippen MR) is 102 cm³/mol. The molecule has 0 amide bonds. The van der Waals surface area contributed by atoms with Crippen molar-refractivity contribution in [3.05, 3.63) is 66.4 Å². The summed E-state index contributed by atoms with van der Waals surface area (Å²) in [4.78, 5) is -0.0171. The third-order valence-corrected chi connectivity index (χ3v) is 6.79. The van der Waals surface area contributed by atoms with E-state index in [0.717, 1.165) is 0 Å². The summed E-state index contributed by atoms with van der Waals surface area (Å²) in [5.41, 5.74) is 1.04. The van der Waals surface area contributed by atoms with E-state index in [2.05, 4.69) is 14.5 Å². The Morgan fingerprint density at radius 1 is 0.852 bits per heavy atom. The molecular weight excluding hydrogens is 388 g/mol. The van der Waals surface area contributed by atoms with E-state index in [-0.39, 0.29) is 15.6 Å². The highest BCUT2D eigenvalue weighted by Crippen LogP contribution is 2.24. The Labute approximate surface area is 158 Å². The van der Waals surface area contributed by atoms with Gasteiger partial charge >= 0.3 is 0 Å². The van der Waals surface area contributed by atoms with E-state index in [1.165, 1.54) is 36.1 Å². The van der Waals surface area contributed by atoms with Gasteiger partial charge in [0.15, 0.2) is 5.03 Å². The van der Waals surface area contributed by atoms with Crippen LogP contribution in [0.15, 0.2) is 70.7 Å². The minimum Gasteiger partial charge on any atom is -0.280 e. The SMILES string of the molecule is Cc1ccc(NS(=O)(=O)c2ccnn2C)cc1S(=O)(=O)Nc1ccccc1. The Hall–Kier alpha value is -2.85. The highest BCUT2D eigenvalue weighted by atomic mass is 32.2. The average molecular weight is 406 g/mol. The first-order valence-corrected chi connectivity index (χ1v) is 10.8. The Balaban J connectivity index is 1.94. The molecule has 0 fully saturated rings. The number of hydrogen-bond donors (Lipinski definition) is 2. The van der Waals surface area contributed by atoms with Crippen LogP contribution in [-0.4, -0.2) is 26.6 Å². The van der Waals surface area contributed by atoms with Crippen molar-refractivity contribution < 1.29 is 16.8 Å². The second kappa shape index (κ2) is 7.05. The largest absolute Gasteiger partial charge is 0.280 e. The molecule has 3 aromatic rings. The zero-order valence-corrected chi connectivity index (χ0v) is 16.3. The van der Waals surface area contributed by atoms with Crippen LogP contribution in [0.4, 0.5) is 11.4 Å². The number of rotatable bonds is 6. The van der Waals surface area contributed by atoms with Gasteiger partial charge in [-0.3, -0.25) is 14.1 Å². The molecule has 0 spiro atoms. The van der Waals surface area contributed by atoms with Crippen molar-refractivity contribution in [2.45, 2.75) is 16.8 Å². The smallest absolute Gasteiger partial charge is 0.279 e. The second-order valence-corrected chi connectivity index (χ2v) is 9.13. The van der Waals surface area contributed by atoms with Crippen molar-refractivity contribution in [3.8, 4) is 0 Å². The summed E-state index contributed by atoms with van der Waals surface area (Å²) >= 11 is 0. The molecule has 10 heteroatoms. The standard InChI is InChI=1S/C17H18N4O4S2/c1-13-8-9-15(20-27(24,25)17-10-11-18-21(17)2)12-16(13)26(22,23)19-14-6-4-3-5-7-14/h3-12,19-20H,1-2H3. The van der Waals surface area contributed by atoms with Crippen LogP contribution in [0, 0.1) is 6.92 Å². The van der Waals surface area contributed by atoms with Crippen LogP contribution in [-0.2, 0) is 27.1 Å². The zero-order chi connectivity index (χ0) is 19.7. The van der Waals surface area contributed by atoms with Crippen LogP contribution in [0.3, 0.4) is 0 Å². The summed E-state index contributed by atoms with van der Waals surface area (Å²) in [7, 11) is -6.28. The lowest BCUT2D eigenvalue weighted by molar-refractivity contribution is 0.581. The number of anilines is 2. The van der Waals surface area contributed by atoms with Gasteiger partial charge < -0.3 is 0 Å².